The molecule has 23 heavy (non-hydrogen) atoms. The maximum Gasteiger partial charge on any atom is 0.141 e. The first kappa shape index (κ1) is 14.8. The van der Waals surface area contributed by atoms with Gasteiger partial charge in [0.05, 0.1) is 20.7 Å². The Bertz CT molecular complexity index is 1040. The fourth-order valence-electron chi connectivity index (χ4n) is 2.55. The first-order chi connectivity index (χ1) is 11.1. The maximum absolute atomic E-state index is 4.55. The SMILES string of the molecule is Cc1nc2cc(Nc3ncnc4c(I)c(C)ccc34)ccc2s1. The van der Waals surface area contributed by atoms with Gasteiger partial charge in [-0.05, 0) is 66.3 Å². The van der Waals surface area contributed by atoms with Crippen LogP contribution in [-0.2, 0) is 0 Å². The molecule has 0 bridgehead atoms. The topological polar surface area (TPSA) is 50.7 Å². The molecular formula is C17H13IN4S. The van der Waals surface area contributed by atoms with Gasteiger partial charge in [0, 0.05) is 14.6 Å². The number of thiazole rings is 1. The monoisotopic (exact) mass is 432 g/mol. The molecule has 0 aliphatic rings. The van der Waals surface area contributed by atoms with Crippen molar-refractivity contribution in [3.8, 4) is 0 Å². The van der Waals surface area contributed by atoms with E-state index in [9.17, 15) is 0 Å². The number of rotatable bonds is 2. The Kier molecular flexibility index (Phi) is 3.65. The smallest absolute Gasteiger partial charge is 0.141 e. The summed E-state index contributed by atoms with van der Waals surface area (Å²) >= 11 is 4.05. The molecule has 0 amide bonds. The van der Waals surface area contributed by atoms with Gasteiger partial charge in [0.2, 0.25) is 0 Å². The number of hydrogen-bond donors (Lipinski definition) is 1. The van der Waals surface area contributed by atoms with Crippen LogP contribution in [0.2, 0.25) is 0 Å². The normalized spacial score (nSPS) is 11.3. The Hall–Kier alpha value is -1.80. The van der Waals surface area contributed by atoms with E-state index in [1.165, 1.54) is 10.3 Å². The lowest BCUT2D eigenvalue weighted by Gasteiger charge is -2.10. The lowest BCUT2D eigenvalue weighted by atomic mass is 10.1. The van der Waals surface area contributed by atoms with Gasteiger partial charge in [-0.25, -0.2) is 15.0 Å². The number of aromatic nitrogens is 3. The highest BCUT2D eigenvalue weighted by atomic mass is 127. The molecule has 4 rings (SSSR count). The van der Waals surface area contributed by atoms with E-state index in [4.69, 9.17) is 0 Å². The highest BCUT2D eigenvalue weighted by molar-refractivity contribution is 14.1. The van der Waals surface area contributed by atoms with Crippen molar-refractivity contribution >= 4 is 66.6 Å². The van der Waals surface area contributed by atoms with Crippen molar-refractivity contribution < 1.29 is 0 Å². The molecule has 0 unspecified atom stereocenters. The first-order valence-corrected chi connectivity index (χ1v) is 9.05. The summed E-state index contributed by atoms with van der Waals surface area (Å²) in [6.45, 7) is 4.12. The molecule has 4 nitrogen and oxygen atoms in total. The van der Waals surface area contributed by atoms with Crippen LogP contribution < -0.4 is 5.32 Å². The molecule has 114 valence electrons. The summed E-state index contributed by atoms with van der Waals surface area (Å²) in [5.41, 5.74) is 4.20. The average Bonchev–Trinajstić information content (AvgIpc) is 2.91. The summed E-state index contributed by atoms with van der Waals surface area (Å²) in [6, 6.07) is 10.4. The van der Waals surface area contributed by atoms with E-state index in [1.54, 1.807) is 17.7 Å². The van der Waals surface area contributed by atoms with Crippen LogP contribution in [0.3, 0.4) is 0 Å². The molecular weight excluding hydrogens is 419 g/mol. The van der Waals surface area contributed by atoms with E-state index in [2.05, 4.69) is 80.1 Å². The van der Waals surface area contributed by atoms with E-state index in [0.29, 0.717) is 0 Å². The predicted molar refractivity (Wildman–Crippen MR) is 105 cm³/mol. The van der Waals surface area contributed by atoms with Gasteiger partial charge in [-0.3, -0.25) is 0 Å². The zero-order valence-electron chi connectivity index (χ0n) is 12.6. The molecule has 0 aliphatic carbocycles. The molecule has 0 saturated carbocycles. The fraction of sp³-hybridized carbons (Fsp3) is 0.118. The quantitative estimate of drug-likeness (QED) is 0.442. The summed E-state index contributed by atoms with van der Waals surface area (Å²) < 4.78 is 2.36. The number of nitrogens with one attached hydrogen (secondary N) is 1. The molecule has 6 heteroatoms. The van der Waals surface area contributed by atoms with Gasteiger partial charge in [-0.2, -0.15) is 0 Å². The minimum absolute atomic E-state index is 0.819. The van der Waals surface area contributed by atoms with Crippen molar-refractivity contribution in [3.63, 3.8) is 0 Å². The van der Waals surface area contributed by atoms with E-state index in [0.717, 1.165) is 36.5 Å². The minimum atomic E-state index is 0.819. The number of benzene rings is 2. The molecule has 0 radical (unpaired) electrons. The molecule has 0 aliphatic heterocycles. The zero-order chi connectivity index (χ0) is 16.0. The van der Waals surface area contributed by atoms with Crippen LogP contribution in [0.15, 0.2) is 36.7 Å². The third-order valence-electron chi connectivity index (χ3n) is 3.70. The third-order valence-corrected chi connectivity index (χ3v) is 6.01. The molecule has 4 aromatic rings. The Morgan fingerprint density at radius 1 is 1.09 bits per heavy atom. The molecule has 2 aromatic heterocycles. The van der Waals surface area contributed by atoms with E-state index < -0.39 is 0 Å². The molecule has 0 saturated heterocycles. The molecule has 2 heterocycles. The predicted octanol–water partition coefficient (Wildman–Crippen LogP) is 5.20. The van der Waals surface area contributed by atoms with Crippen molar-refractivity contribution in [1.82, 2.24) is 15.0 Å². The van der Waals surface area contributed by atoms with Crippen molar-refractivity contribution in [2.24, 2.45) is 0 Å². The Morgan fingerprint density at radius 3 is 2.83 bits per heavy atom. The lowest BCUT2D eigenvalue weighted by molar-refractivity contribution is 1.21. The number of halogens is 1. The lowest BCUT2D eigenvalue weighted by Crippen LogP contribution is -1.97. The average molecular weight is 432 g/mol. The first-order valence-electron chi connectivity index (χ1n) is 7.16. The van der Waals surface area contributed by atoms with E-state index >= 15 is 0 Å². The van der Waals surface area contributed by atoms with Crippen LogP contribution in [0.5, 0.6) is 0 Å². The zero-order valence-corrected chi connectivity index (χ0v) is 15.6. The second-order valence-corrected chi connectivity index (χ2v) is 7.67. The summed E-state index contributed by atoms with van der Waals surface area (Å²) in [7, 11) is 0. The second kappa shape index (κ2) is 5.68. The van der Waals surface area contributed by atoms with Gasteiger partial charge < -0.3 is 5.32 Å². The van der Waals surface area contributed by atoms with Crippen LogP contribution in [0.4, 0.5) is 11.5 Å². The summed E-state index contributed by atoms with van der Waals surface area (Å²) in [4.78, 5) is 13.4. The largest absolute Gasteiger partial charge is 0.340 e. The molecule has 0 atom stereocenters. The number of anilines is 2. The summed E-state index contributed by atoms with van der Waals surface area (Å²) in [6.07, 6.45) is 1.61. The summed E-state index contributed by atoms with van der Waals surface area (Å²) in [5, 5.41) is 5.51. The van der Waals surface area contributed by atoms with Crippen LogP contribution in [0.1, 0.15) is 10.6 Å². The molecule has 2 aromatic carbocycles. The highest BCUT2D eigenvalue weighted by Crippen LogP contribution is 2.30. The van der Waals surface area contributed by atoms with E-state index in [-0.39, 0.29) is 0 Å². The van der Waals surface area contributed by atoms with Gasteiger partial charge in [-0.15, -0.1) is 11.3 Å². The number of hydrogen-bond acceptors (Lipinski definition) is 5. The van der Waals surface area contributed by atoms with Gasteiger partial charge in [0.25, 0.3) is 0 Å². The Balaban J connectivity index is 1.80. The van der Waals surface area contributed by atoms with E-state index in [1.807, 2.05) is 6.92 Å². The Labute approximate surface area is 151 Å². The highest BCUT2D eigenvalue weighted by Gasteiger charge is 2.09. The van der Waals surface area contributed by atoms with Crippen molar-refractivity contribution in [2.75, 3.05) is 5.32 Å². The third kappa shape index (κ3) is 2.66. The second-order valence-electron chi connectivity index (χ2n) is 5.36. The van der Waals surface area contributed by atoms with Crippen molar-refractivity contribution in [3.05, 3.63) is 50.8 Å². The maximum atomic E-state index is 4.55. The molecule has 1 N–H and O–H groups in total. The van der Waals surface area contributed by atoms with Gasteiger partial charge in [0.15, 0.2) is 0 Å². The molecule has 0 spiro atoms. The standard InChI is InChI=1S/C17H13IN4S/c1-9-3-5-12-16(15(9)18)19-8-20-17(12)22-11-4-6-14-13(7-11)21-10(2)23-14/h3-8H,1-2H3,(H,19,20,22). The van der Waals surface area contributed by atoms with Crippen LogP contribution in [0, 0.1) is 17.4 Å². The van der Waals surface area contributed by atoms with Gasteiger partial charge in [-0.1, -0.05) is 6.07 Å². The Morgan fingerprint density at radius 2 is 1.96 bits per heavy atom. The minimum Gasteiger partial charge on any atom is -0.340 e. The molecule has 0 fully saturated rings. The number of nitrogens with zero attached hydrogens (tertiary/aromatic N) is 3. The van der Waals surface area contributed by atoms with Crippen LogP contribution in [0.25, 0.3) is 21.1 Å². The van der Waals surface area contributed by atoms with Crippen molar-refractivity contribution in [1.29, 1.82) is 0 Å². The van der Waals surface area contributed by atoms with Gasteiger partial charge >= 0.3 is 0 Å². The number of fused-ring (bicyclic) bond motifs is 2. The van der Waals surface area contributed by atoms with Gasteiger partial charge in [0.1, 0.15) is 12.1 Å². The van der Waals surface area contributed by atoms with Crippen LogP contribution >= 0.6 is 33.9 Å². The number of aryl methyl sites for hydroxylation is 2. The summed E-state index contributed by atoms with van der Waals surface area (Å²) in [5.74, 6) is 0.819. The fourth-order valence-corrected chi connectivity index (χ4v) is 3.97. The van der Waals surface area contributed by atoms with Crippen molar-refractivity contribution in [2.45, 2.75) is 13.8 Å². The van der Waals surface area contributed by atoms with Crippen LogP contribution in [-0.4, -0.2) is 15.0 Å².